The van der Waals surface area contributed by atoms with E-state index < -0.39 is 35.7 Å². The Morgan fingerprint density at radius 3 is 2.46 bits per heavy atom. The molecule has 3 N–H and O–H groups in total. The van der Waals surface area contributed by atoms with Gasteiger partial charge in [0.1, 0.15) is 35.9 Å². The molecular formula is C38H47FN6O6S. The van der Waals surface area contributed by atoms with Crippen LogP contribution in [0.25, 0.3) is 21.6 Å². The van der Waals surface area contributed by atoms with Crippen molar-refractivity contribution in [3.05, 3.63) is 77.4 Å². The van der Waals surface area contributed by atoms with Crippen LogP contribution in [0.1, 0.15) is 71.3 Å². The van der Waals surface area contributed by atoms with Crippen molar-refractivity contribution in [3.63, 3.8) is 0 Å². The normalized spacial score (nSPS) is 17.2. The van der Waals surface area contributed by atoms with Gasteiger partial charge in [0, 0.05) is 30.8 Å². The summed E-state index contributed by atoms with van der Waals surface area (Å²) in [7, 11) is 0. The number of carbonyl (C=O) groups is 3. The minimum Gasteiger partial charge on any atom is -0.492 e. The SMILES string of the molecule is Cc1ncsc1-c1ccc([C@H](C)NC(=O)[C@@H]2C[C@@H](O)CN2C(=O)C(C(C)C)n2cc(-c3cc(F)cc(OCCNC(=O)OC(C)(C)C)c3)cn2)cc1. The number of β-amino-alcohol motifs (C(OH)–C–C–N with tert-alkyl or cyclic N) is 1. The number of benzene rings is 2. The van der Waals surface area contributed by atoms with E-state index in [1.54, 1.807) is 44.4 Å². The molecule has 52 heavy (non-hydrogen) atoms. The molecule has 0 spiro atoms. The lowest BCUT2D eigenvalue weighted by Crippen LogP contribution is -2.49. The van der Waals surface area contributed by atoms with E-state index in [2.05, 4.69) is 20.7 Å². The summed E-state index contributed by atoms with van der Waals surface area (Å²) >= 11 is 1.57. The van der Waals surface area contributed by atoms with Gasteiger partial charge in [0.05, 0.1) is 41.0 Å². The number of carbonyl (C=O) groups excluding carboxylic acids is 3. The molecule has 1 fully saturated rings. The monoisotopic (exact) mass is 734 g/mol. The van der Waals surface area contributed by atoms with Crippen molar-refractivity contribution in [3.8, 4) is 27.3 Å². The van der Waals surface area contributed by atoms with Gasteiger partial charge in [-0.05, 0) is 69.4 Å². The summed E-state index contributed by atoms with van der Waals surface area (Å²) in [6.45, 7) is 13.2. The minimum absolute atomic E-state index is 0.0128. The number of hydrogen-bond donors (Lipinski definition) is 3. The lowest BCUT2D eigenvalue weighted by molar-refractivity contribution is -0.142. The van der Waals surface area contributed by atoms with Crippen molar-refractivity contribution in [2.24, 2.45) is 5.92 Å². The molecule has 1 aliphatic rings. The molecule has 278 valence electrons. The first-order valence-electron chi connectivity index (χ1n) is 17.3. The van der Waals surface area contributed by atoms with Crippen molar-refractivity contribution in [2.45, 2.75) is 84.7 Å². The second-order valence-electron chi connectivity index (χ2n) is 14.4. The molecule has 1 unspecified atom stereocenters. The fourth-order valence-electron chi connectivity index (χ4n) is 6.16. The first kappa shape index (κ1) is 38.4. The van der Waals surface area contributed by atoms with Crippen molar-refractivity contribution in [1.29, 1.82) is 0 Å². The molecule has 0 bridgehead atoms. The zero-order chi connectivity index (χ0) is 37.7. The molecule has 14 heteroatoms. The van der Waals surface area contributed by atoms with Crippen LogP contribution in [0.5, 0.6) is 5.75 Å². The van der Waals surface area contributed by atoms with Crippen molar-refractivity contribution in [2.75, 3.05) is 19.7 Å². The van der Waals surface area contributed by atoms with Crippen molar-refractivity contribution >= 4 is 29.2 Å². The molecule has 0 saturated carbocycles. The number of hydrogen-bond acceptors (Lipinski definition) is 9. The summed E-state index contributed by atoms with van der Waals surface area (Å²) in [6.07, 6.45) is 1.88. The Labute approximate surface area is 307 Å². The molecule has 3 heterocycles. The summed E-state index contributed by atoms with van der Waals surface area (Å²) in [6, 6.07) is 10.2. The Morgan fingerprint density at radius 2 is 1.81 bits per heavy atom. The van der Waals surface area contributed by atoms with E-state index in [0.29, 0.717) is 11.1 Å². The molecule has 0 radical (unpaired) electrons. The maximum absolute atomic E-state index is 14.7. The summed E-state index contributed by atoms with van der Waals surface area (Å²) < 4.78 is 27.1. The zero-order valence-electron chi connectivity index (χ0n) is 30.6. The first-order chi connectivity index (χ1) is 24.6. The fourth-order valence-corrected chi connectivity index (χ4v) is 6.97. The van der Waals surface area contributed by atoms with Gasteiger partial charge in [-0.1, -0.05) is 38.1 Å². The van der Waals surface area contributed by atoms with Crippen LogP contribution in [-0.4, -0.2) is 80.1 Å². The summed E-state index contributed by atoms with van der Waals surface area (Å²) in [5.74, 6) is -1.21. The number of likely N-dealkylation sites (tertiary alicyclic amines) is 1. The predicted molar refractivity (Wildman–Crippen MR) is 196 cm³/mol. The van der Waals surface area contributed by atoms with Gasteiger partial charge in [-0.2, -0.15) is 5.10 Å². The van der Waals surface area contributed by atoms with Gasteiger partial charge in [-0.15, -0.1) is 11.3 Å². The lowest BCUT2D eigenvalue weighted by atomic mass is 10.0. The number of aliphatic hydroxyl groups excluding tert-OH is 1. The summed E-state index contributed by atoms with van der Waals surface area (Å²) in [5.41, 5.74) is 5.14. The first-order valence-corrected chi connectivity index (χ1v) is 18.2. The molecule has 2 aromatic carbocycles. The topological polar surface area (TPSA) is 148 Å². The molecular weight excluding hydrogens is 688 g/mol. The predicted octanol–water partition coefficient (Wildman–Crippen LogP) is 6.06. The van der Waals surface area contributed by atoms with Crippen molar-refractivity contribution < 1.29 is 33.4 Å². The van der Waals surface area contributed by atoms with Crippen molar-refractivity contribution in [1.82, 2.24) is 30.3 Å². The highest BCUT2D eigenvalue weighted by Gasteiger charge is 2.43. The fraction of sp³-hybridized carbons (Fsp3) is 0.447. The average molecular weight is 735 g/mol. The Hall–Kier alpha value is -4.82. The zero-order valence-corrected chi connectivity index (χ0v) is 31.4. The third-order valence-corrected chi connectivity index (χ3v) is 9.63. The highest BCUT2D eigenvalue weighted by Crippen LogP contribution is 2.31. The number of rotatable bonds is 12. The quantitative estimate of drug-likeness (QED) is 0.149. The van der Waals surface area contributed by atoms with Gasteiger partial charge in [0.15, 0.2) is 0 Å². The minimum atomic E-state index is -0.868. The number of ether oxygens (including phenoxy) is 2. The average Bonchev–Trinajstić information content (AvgIpc) is 3.82. The Kier molecular flexibility index (Phi) is 12.0. The molecule has 0 aliphatic carbocycles. The number of amides is 3. The smallest absolute Gasteiger partial charge is 0.407 e. The van der Waals surface area contributed by atoms with Crippen LogP contribution in [0.3, 0.4) is 0 Å². The van der Waals surface area contributed by atoms with Crippen LogP contribution < -0.4 is 15.4 Å². The molecule has 5 rings (SSSR count). The van der Waals surface area contributed by atoms with Crippen LogP contribution in [-0.2, 0) is 14.3 Å². The number of thiazole rings is 1. The molecule has 3 amide bonds. The van der Waals surface area contributed by atoms with Crippen LogP contribution in [0.4, 0.5) is 9.18 Å². The largest absolute Gasteiger partial charge is 0.492 e. The third-order valence-electron chi connectivity index (χ3n) is 8.66. The lowest BCUT2D eigenvalue weighted by Gasteiger charge is -2.30. The summed E-state index contributed by atoms with van der Waals surface area (Å²) in [5, 5.41) is 20.7. The molecule has 1 aliphatic heterocycles. The van der Waals surface area contributed by atoms with Gasteiger partial charge < -0.3 is 30.1 Å². The molecule has 4 aromatic rings. The number of aromatic nitrogens is 3. The van der Waals surface area contributed by atoms with Gasteiger partial charge in [0.2, 0.25) is 11.8 Å². The number of halogens is 1. The number of alkyl carbamates (subject to hydrolysis) is 1. The number of aryl methyl sites for hydroxylation is 1. The van der Waals surface area contributed by atoms with E-state index in [0.717, 1.165) is 21.7 Å². The van der Waals surface area contributed by atoms with Gasteiger partial charge in [0.25, 0.3) is 0 Å². The van der Waals surface area contributed by atoms with Crippen LogP contribution >= 0.6 is 11.3 Å². The van der Waals surface area contributed by atoms with Gasteiger partial charge >= 0.3 is 6.09 Å². The second-order valence-corrected chi connectivity index (χ2v) is 15.2. The van der Waals surface area contributed by atoms with Crippen LogP contribution in [0.2, 0.25) is 0 Å². The molecule has 1 saturated heterocycles. The van der Waals surface area contributed by atoms with Crippen LogP contribution in [0.15, 0.2) is 60.4 Å². The van der Waals surface area contributed by atoms with Gasteiger partial charge in [-0.25, -0.2) is 14.2 Å². The molecule has 4 atom stereocenters. The number of nitrogens with one attached hydrogen (secondary N) is 2. The maximum Gasteiger partial charge on any atom is 0.407 e. The number of nitrogens with zero attached hydrogens (tertiary/aromatic N) is 4. The van der Waals surface area contributed by atoms with E-state index in [-0.39, 0.29) is 55.6 Å². The molecule has 2 aromatic heterocycles. The number of aliphatic hydroxyl groups is 1. The van der Waals surface area contributed by atoms with E-state index in [9.17, 15) is 23.9 Å². The van der Waals surface area contributed by atoms with E-state index in [1.807, 2.05) is 57.5 Å². The van der Waals surface area contributed by atoms with E-state index in [4.69, 9.17) is 9.47 Å². The van der Waals surface area contributed by atoms with Crippen LogP contribution in [0, 0.1) is 18.7 Å². The van der Waals surface area contributed by atoms with Gasteiger partial charge in [-0.3, -0.25) is 14.3 Å². The van der Waals surface area contributed by atoms with E-state index >= 15 is 0 Å². The Balaban J connectivity index is 1.25. The highest BCUT2D eigenvalue weighted by molar-refractivity contribution is 7.13. The Bertz CT molecular complexity index is 1870. The molecule has 12 nitrogen and oxygen atoms in total. The maximum atomic E-state index is 14.7. The van der Waals surface area contributed by atoms with E-state index in [1.165, 1.54) is 27.9 Å². The summed E-state index contributed by atoms with van der Waals surface area (Å²) in [4.78, 5) is 46.5. The third kappa shape index (κ3) is 9.53. The highest BCUT2D eigenvalue weighted by atomic mass is 32.1. The second kappa shape index (κ2) is 16.2. The standard InChI is InChI=1S/C38H47FN6O6S/c1-22(2)33(45-19-28(18-42-45)27-14-29(39)16-31(15-27)50-13-12-40-37(49)51-38(5,6)7)36(48)44-20-30(46)17-32(44)35(47)43-23(3)25-8-10-26(11-9-25)34-24(4)41-21-52-34/h8-11,14-16,18-19,21-23,30,32-33,46H,12-13,17,20H2,1-7H3,(H,40,49)(H,43,47)/t23-,30+,32-,33?/m0/s1. The Morgan fingerprint density at radius 1 is 1.08 bits per heavy atom.